The zero-order valence-electron chi connectivity index (χ0n) is 14.0. The molecule has 5 nitrogen and oxygen atoms in total. The Morgan fingerprint density at radius 1 is 1.30 bits per heavy atom. The molecule has 27 heavy (non-hydrogen) atoms. The molecule has 0 N–H and O–H groups in total. The number of alkyl halides is 3. The van der Waals surface area contributed by atoms with E-state index < -0.39 is 35.4 Å². The smallest absolute Gasteiger partial charge is 0.267 e. The maximum atomic E-state index is 13.9. The van der Waals surface area contributed by atoms with Gasteiger partial charge in [-0.25, -0.2) is 9.40 Å². The normalized spacial score (nSPS) is 19.6. The number of hydrogen-bond acceptors (Lipinski definition) is 4. The van der Waals surface area contributed by atoms with Gasteiger partial charge in [0.15, 0.2) is 11.4 Å². The first-order valence-electron chi connectivity index (χ1n) is 7.77. The lowest BCUT2D eigenvalue weighted by atomic mass is 9.90. The molecule has 0 saturated heterocycles. The fourth-order valence-corrected chi connectivity index (χ4v) is 2.80. The van der Waals surface area contributed by atoms with Crippen molar-refractivity contribution < 1.29 is 22.4 Å². The third-order valence-electron chi connectivity index (χ3n) is 4.36. The predicted octanol–water partition coefficient (Wildman–Crippen LogP) is 3.66. The van der Waals surface area contributed by atoms with E-state index in [4.69, 9.17) is 0 Å². The fourth-order valence-electron chi connectivity index (χ4n) is 2.80. The van der Waals surface area contributed by atoms with Crippen LogP contribution in [0.4, 0.5) is 17.6 Å². The van der Waals surface area contributed by atoms with Gasteiger partial charge in [0.2, 0.25) is 0 Å². The number of hydrazone groups is 1. The maximum absolute atomic E-state index is 13.9. The number of nitriles is 1. The van der Waals surface area contributed by atoms with Crippen LogP contribution >= 0.6 is 0 Å². The van der Waals surface area contributed by atoms with Crippen LogP contribution in [0.15, 0.2) is 47.8 Å². The van der Waals surface area contributed by atoms with Gasteiger partial charge >= 0.3 is 6.18 Å². The molecule has 1 aromatic carbocycles. The predicted molar refractivity (Wildman–Crippen MR) is 87.1 cm³/mol. The standard InChI is InChI=1S/C18H12F4N4O/c1-17(18(20,21)22)8-15(12-5-3-2-4-11(12)9-23)25-26(17)16(27)13-6-7-24-10-14(13)19/h2-7,10H,8H2,1H3. The van der Waals surface area contributed by atoms with Crippen LogP contribution in [0.25, 0.3) is 0 Å². The highest BCUT2D eigenvalue weighted by molar-refractivity contribution is 6.07. The Morgan fingerprint density at radius 3 is 2.63 bits per heavy atom. The molecule has 0 fully saturated rings. The summed E-state index contributed by atoms with van der Waals surface area (Å²) in [6.45, 7) is 0.815. The molecule has 0 saturated carbocycles. The van der Waals surface area contributed by atoms with Crippen molar-refractivity contribution in [2.75, 3.05) is 0 Å². The molecular weight excluding hydrogens is 364 g/mol. The molecule has 1 amide bonds. The van der Waals surface area contributed by atoms with Crippen LogP contribution in [-0.2, 0) is 0 Å². The van der Waals surface area contributed by atoms with E-state index >= 15 is 0 Å². The van der Waals surface area contributed by atoms with Gasteiger partial charge in [-0.3, -0.25) is 9.78 Å². The monoisotopic (exact) mass is 376 g/mol. The number of hydrogen-bond donors (Lipinski definition) is 0. The summed E-state index contributed by atoms with van der Waals surface area (Å²) in [6.07, 6.45) is -3.65. The molecule has 0 aliphatic carbocycles. The maximum Gasteiger partial charge on any atom is 0.413 e. The van der Waals surface area contributed by atoms with Gasteiger partial charge in [0.25, 0.3) is 5.91 Å². The molecular formula is C18H12F4N4O. The van der Waals surface area contributed by atoms with Crippen LogP contribution in [0.5, 0.6) is 0 Å². The quantitative estimate of drug-likeness (QED) is 0.751. The minimum atomic E-state index is -4.83. The molecule has 1 aromatic heterocycles. The number of rotatable bonds is 2. The highest BCUT2D eigenvalue weighted by Gasteiger charge is 2.60. The van der Waals surface area contributed by atoms with Crippen molar-refractivity contribution in [2.24, 2.45) is 5.10 Å². The number of carbonyl (C=O) groups is 1. The van der Waals surface area contributed by atoms with Crippen LogP contribution in [0.3, 0.4) is 0 Å². The minimum absolute atomic E-state index is 0.0743. The topological polar surface area (TPSA) is 69.3 Å². The van der Waals surface area contributed by atoms with Crippen molar-refractivity contribution in [3.63, 3.8) is 0 Å². The van der Waals surface area contributed by atoms with E-state index in [1.807, 2.05) is 6.07 Å². The Hall–Kier alpha value is -3.28. The van der Waals surface area contributed by atoms with Gasteiger partial charge in [0.1, 0.15) is 0 Å². The summed E-state index contributed by atoms with van der Waals surface area (Å²) in [7, 11) is 0. The van der Waals surface area contributed by atoms with Crippen molar-refractivity contribution in [2.45, 2.75) is 25.1 Å². The third-order valence-corrected chi connectivity index (χ3v) is 4.36. The first kappa shape index (κ1) is 18.5. The molecule has 1 aliphatic rings. The number of carbonyl (C=O) groups excluding carboxylic acids is 1. The third kappa shape index (κ3) is 3.03. The lowest BCUT2D eigenvalue weighted by Gasteiger charge is -2.34. The second kappa shape index (κ2) is 6.46. The number of nitrogens with zero attached hydrogens (tertiary/aromatic N) is 4. The number of amides is 1. The largest absolute Gasteiger partial charge is 0.413 e. The lowest BCUT2D eigenvalue weighted by Crippen LogP contribution is -2.54. The van der Waals surface area contributed by atoms with Crippen LogP contribution in [0.2, 0.25) is 0 Å². The fraction of sp³-hybridized carbons (Fsp3) is 0.222. The average Bonchev–Trinajstić information content (AvgIpc) is 3.00. The van der Waals surface area contributed by atoms with Crippen molar-refractivity contribution in [1.29, 1.82) is 5.26 Å². The van der Waals surface area contributed by atoms with Gasteiger partial charge in [-0.2, -0.15) is 23.5 Å². The summed E-state index contributed by atoms with van der Waals surface area (Å²) in [6, 6.07) is 8.89. The molecule has 0 radical (unpaired) electrons. The van der Waals surface area contributed by atoms with Gasteiger partial charge in [-0.15, -0.1) is 0 Å². The molecule has 1 unspecified atom stereocenters. The summed E-state index contributed by atoms with van der Waals surface area (Å²) in [5.74, 6) is -2.28. The van der Waals surface area contributed by atoms with E-state index in [1.165, 1.54) is 12.1 Å². The van der Waals surface area contributed by atoms with Crippen LogP contribution < -0.4 is 0 Å². The van der Waals surface area contributed by atoms with Crippen molar-refractivity contribution >= 4 is 11.6 Å². The molecule has 2 aromatic rings. The van der Waals surface area contributed by atoms with Gasteiger partial charge < -0.3 is 0 Å². The van der Waals surface area contributed by atoms with Crippen molar-refractivity contribution in [1.82, 2.24) is 9.99 Å². The number of benzene rings is 1. The lowest BCUT2D eigenvalue weighted by molar-refractivity contribution is -0.211. The van der Waals surface area contributed by atoms with Crippen molar-refractivity contribution in [3.05, 3.63) is 65.2 Å². The summed E-state index contributed by atoms with van der Waals surface area (Å²) in [5, 5.41) is 13.3. The summed E-state index contributed by atoms with van der Waals surface area (Å²) >= 11 is 0. The van der Waals surface area contributed by atoms with E-state index in [0.29, 0.717) is 0 Å². The first-order chi connectivity index (χ1) is 12.7. The molecule has 9 heteroatoms. The number of pyridine rings is 1. The van der Waals surface area contributed by atoms with Gasteiger partial charge in [-0.05, 0) is 19.1 Å². The summed E-state index contributed by atoms with van der Waals surface area (Å²) in [4.78, 5) is 16.1. The van der Waals surface area contributed by atoms with Crippen molar-refractivity contribution in [3.8, 4) is 6.07 Å². The van der Waals surface area contributed by atoms with Gasteiger partial charge in [0.05, 0.1) is 29.1 Å². The molecule has 138 valence electrons. The minimum Gasteiger partial charge on any atom is -0.267 e. The Bertz CT molecular complexity index is 980. The van der Waals surface area contributed by atoms with Crippen LogP contribution in [0, 0.1) is 17.1 Å². The number of aromatic nitrogens is 1. The highest BCUT2D eigenvalue weighted by Crippen LogP contribution is 2.44. The molecule has 1 aliphatic heterocycles. The van der Waals surface area contributed by atoms with E-state index in [2.05, 4.69) is 10.1 Å². The SMILES string of the molecule is CC1(C(F)(F)F)CC(c2ccccc2C#N)=NN1C(=O)c1ccncc1F. The Labute approximate surface area is 151 Å². The molecule has 0 spiro atoms. The molecule has 0 bridgehead atoms. The van der Waals surface area contributed by atoms with E-state index in [-0.39, 0.29) is 21.8 Å². The van der Waals surface area contributed by atoms with E-state index in [1.54, 1.807) is 12.1 Å². The summed E-state index contributed by atoms with van der Waals surface area (Å²) in [5.41, 5.74) is -3.00. The Morgan fingerprint density at radius 2 is 2.00 bits per heavy atom. The zero-order valence-corrected chi connectivity index (χ0v) is 14.0. The molecule has 1 atom stereocenters. The van der Waals surface area contributed by atoms with Crippen LogP contribution in [0.1, 0.15) is 34.8 Å². The Kier molecular flexibility index (Phi) is 4.43. The Balaban J connectivity index is 2.13. The zero-order chi connectivity index (χ0) is 19.8. The highest BCUT2D eigenvalue weighted by atomic mass is 19.4. The van der Waals surface area contributed by atoms with E-state index in [9.17, 15) is 27.6 Å². The summed E-state index contributed by atoms with van der Waals surface area (Å²) < 4.78 is 55.3. The second-order valence-corrected chi connectivity index (χ2v) is 6.12. The van der Waals surface area contributed by atoms with E-state index in [0.717, 1.165) is 25.4 Å². The average molecular weight is 376 g/mol. The molecule has 2 heterocycles. The second-order valence-electron chi connectivity index (χ2n) is 6.12. The van der Waals surface area contributed by atoms with Gasteiger partial charge in [-0.1, -0.05) is 18.2 Å². The number of halogens is 4. The first-order valence-corrected chi connectivity index (χ1v) is 7.77. The van der Waals surface area contributed by atoms with Crippen LogP contribution in [-0.4, -0.2) is 33.3 Å². The molecule has 3 rings (SSSR count). The van der Waals surface area contributed by atoms with Gasteiger partial charge in [0, 0.05) is 18.2 Å².